The van der Waals surface area contributed by atoms with E-state index in [0.717, 1.165) is 12.8 Å². The summed E-state index contributed by atoms with van der Waals surface area (Å²) in [5.41, 5.74) is -0.310. The lowest BCUT2D eigenvalue weighted by molar-refractivity contribution is 0.250. The lowest BCUT2D eigenvalue weighted by Gasteiger charge is -2.35. The van der Waals surface area contributed by atoms with Crippen LogP contribution in [0.5, 0.6) is 0 Å². The summed E-state index contributed by atoms with van der Waals surface area (Å²) >= 11 is 0. The smallest absolute Gasteiger partial charge is 0.282 e. The Balaban J connectivity index is 2.25. The fourth-order valence-electron chi connectivity index (χ4n) is 2.57. The van der Waals surface area contributed by atoms with Gasteiger partial charge >= 0.3 is 0 Å². The summed E-state index contributed by atoms with van der Waals surface area (Å²) in [6.45, 7) is 6.37. The van der Waals surface area contributed by atoms with Crippen molar-refractivity contribution < 1.29 is 12.8 Å². The molecule has 108 valence electrons. The average molecular weight is 286 g/mol. The lowest BCUT2D eigenvalue weighted by Crippen LogP contribution is -2.49. The van der Waals surface area contributed by atoms with Crippen molar-refractivity contribution in [2.24, 2.45) is 0 Å². The Kier molecular flexibility index (Phi) is 3.77. The second kappa shape index (κ2) is 4.92. The maximum Gasteiger partial charge on any atom is 0.282 e. The van der Waals surface area contributed by atoms with E-state index in [4.69, 9.17) is 4.42 Å². The van der Waals surface area contributed by atoms with Crippen molar-refractivity contribution in [3.63, 3.8) is 0 Å². The first-order valence-corrected chi connectivity index (χ1v) is 7.96. The molecule has 1 unspecified atom stereocenters. The van der Waals surface area contributed by atoms with Crippen LogP contribution in [-0.2, 0) is 10.2 Å². The molecule has 1 fully saturated rings. The SMILES string of the molecule is CC(c1ccco1)N(C)S(=O)(=O)N1CCCC1(C)C. The first-order chi connectivity index (χ1) is 8.77. The van der Waals surface area contributed by atoms with Crippen LogP contribution < -0.4 is 0 Å². The molecular weight excluding hydrogens is 264 g/mol. The highest BCUT2D eigenvalue weighted by Crippen LogP contribution is 2.34. The summed E-state index contributed by atoms with van der Waals surface area (Å²) in [6.07, 6.45) is 3.37. The van der Waals surface area contributed by atoms with E-state index in [-0.39, 0.29) is 11.6 Å². The first kappa shape index (κ1) is 14.6. The van der Waals surface area contributed by atoms with E-state index in [1.807, 2.05) is 20.8 Å². The molecule has 0 saturated carbocycles. The maximum atomic E-state index is 12.7. The molecule has 0 aromatic carbocycles. The maximum absolute atomic E-state index is 12.7. The van der Waals surface area contributed by atoms with Crippen LogP contribution in [0.1, 0.15) is 45.4 Å². The number of hydrogen-bond donors (Lipinski definition) is 0. The monoisotopic (exact) mass is 286 g/mol. The predicted molar refractivity (Wildman–Crippen MR) is 73.8 cm³/mol. The average Bonchev–Trinajstić information content (AvgIpc) is 2.95. The van der Waals surface area contributed by atoms with Gasteiger partial charge in [-0.1, -0.05) is 0 Å². The Bertz CT molecular complexity index is 522. The van der Waals surface area contributed by atoms with Crippen LogP contribution in [0.4, 0.5) is 0 Å². The summed E-state index contributed by atoms with van der Waals surface area (Å²) in [6, 6.07) is 3.26. The van der Waals surface area contributed by atoms with E-state index in [0.29, 0.717) is 12.3 Å². The third-order valence-corrected chi connectivity index (χ3v) is 6.25. The van der Waals surface area contributed by atoms with E-state index >= 15 is 0 Å². The molecule has 0 aliphatic carbocycles. The number of rotatable bonds is 4. The summed E-state index contributed by atoms with van der Waals surface area (Å²) in [4.78, 5) is 0. The van der Waals surface area contributed by atoms with Crippen molar-refractivity contribution in [3.8, 4) is 0 Å². The van der Waals surface area contributed by atoms with Crippen LogP contribution in [0.3, 0.4) is 0 Å². The molecule has 6 heteroatoms. The Labute approximate surface area is 115 Å². The van der Waals surface area contributed by atoms with Gasteiger partial charge in [-0.3, -0.25) is 0 Å². The van der Waals surface area contributed by atoms with Gasteiger partial charge in [-0.05, 0) is 45.7 Å². The van der Waals surface area contributed by atoms with Crippen LogP contribution in [0.15, 0.2) is 22.8 Å². The van der Waals surface area contributed by atoms with Gasteiger partial charge in [0.15, 0.2) is 0 Å². The zero-order valence-corrected chi connectivity index (χ0v) is 12.8. The molecule has 1 aliphatic heterocycles. The molecule has 0 bridgehead atoms. The third kappa shape index (κ3) is 2.57. The number of nitrogens with zero attached hydrogens (tertiary/aromatic N) is 2. The molecule has 0 amide bonds. The van der Waals surface area contributed by atoms with Gasteiger partial charge in [0.1, 0.15) is 5.76 Å². The van der Waals surface area contributed by atoms with E-state index in [1.54, 1.807) is 29.7 Å². The highest BCUT2D eigenvalue weighted by atomic mass is 32.2. The molecule has 1 atom stereocenters. The molecule has 19 heavy (non-hydrogen) atoms. The molecule has 1 saturated heterocycles. The van der Waals surface area contributed by atoms with Crippen molar-refractivity contribution >= 4 is 10.2 Å². The van der Waals surface area contributed by atoms with E-state index in [1.165, 1.54) is 4.31 Å². The molecule has 2 rings (SSSR count). The Morgan fingerprint density at radius 3 is 2.63 bits per heavy atom. The number of furan rings is 1. The Morgan fingerprint density at radius 1 is 1.47 bits per heavy atom. The highest BCUT2D eigenvalue weighted by Gasteiger charge is 2.43. The zero-order valence-electron chi connectivity index (χ0n) is 12.0. The van der Waals surface area contributed by atoms with E-state index in [9.17, 15) is 8.42 Å². The van der Waals surface area contributed by atoms with Gasteiger partial charge in [0.2, 0.25) is 0 Å². The summed E-state index contributed by atoms with van der Waals surface area (Å²) < 4.78 is 33.7. The zero-order chi connectivity index (χ0) is 14.3. The molecule has 5 nitrogen and oxygen atoms in total. The minimum absolute atomic E-state index is 0.309. The molecule has 0 radical (unpaired) electrons. The van der Waals surface area contributed by atoms with Crippen LogP contribution in [0.25, 0.3) is 0 Å². The van der Waals surface area contributed by atoms with Crippen molar-refractivity contribution in [3.05, 3.63) is 24.2 Å². The van der Waals surface area contributed by atoms with Crippen LogP contribution in [-0.4, -0.2) is 36.2 Å². The van der Waals surface area contributed by atoms with Gasteiger partial charge in [-0.15, -0.1) is 0 Å². The van der Waals surface area contributed by atoms with E-state index in [2.05, 4.69) is 0 Å². The number of hydrogen-bond acceptors (Lipinski definition) is 3. The van der Waals surface area contributed by atoms with Gasteiger partial charge in [0.05, 0.1) is 12.3 Å². The minimum atomic E-state index is -3.46. The molecule has 0 spiro atoms. The van der Waals surface area contributed by atoms with Crippen LogP contribution in [0.2, 0.25) is 0 Å². The lowest BCUT2D eigenvalue weighted by atomic mass is 10.0. The molecule has 2 heterocycles. The van der Waals surface area contributed by atoms with Crippen molar-refractivity contribution in [1.82, 2.24) is 8.61 Å². The quantitative estimate of drug-likeness (QED) is 0.854. The molecule has 1 aromatic heterocycles. The summed E-state index contributed by atoms with van der Waals surface area (Å²) in [5.74, 6) is 0.656. The molecule has 1 aromatic rings. The minimum Gasteiger partial charge on any atom is -0.468 e. The largest absolute Gasteiger partial charge is 0.468 e. The second-order valence-electron chi connectivity index (χ2n) is 5.70. The predicted octanol–water partition coefficient (Wildman–Crippen LogP) is 2.39. The van der Waals surface area contributed by atoms with E-state index < -0.39 is 10.2 Å². The molecule has 0 N–H and O–H groups in total. The van der Waals surface area contributed by atoms with Crippen molar-refractivity contribution in [2.45, 2.75) is 45.2 Å². The third-order valence-electron chi connectivity index (χ3n) is 3.97. The van der Waals surface area contributed by atoms with Crippen molar-refractivity contribution in [1.29, 1.82) is 0 Å². The van der Waals surface area contributed by atoms with Gasteiger partial charge in [0.25, 0.3) is 10.2 Å². The van der Waals surface area contributed by atoms with Gasteiger partial charge in [-0.2, -0.15) is 17.0 Å². The Hall–Kier alpha value is -0.850. The van der Waals surface area contributed by atoms with Gasteiger partial charge < -0.3 is 4.42 Å². The summed E-state index contributed by atoms with van der Waals surface area (Å²) in [5, 5.41) is 0. The summed E-state index contributed by atoms with van der Waals surface area (Å²) in [7, 11) is -1.86. The second-order valence-corrected chi connectivity index (χ2v) is 7.62. The fraction of sp³-hybridized carbons (Fsp3) is 0.692. The van der Waals surface area contributed by atoms with Crippen LogP contribution in [0, 0.1) is 0 Å². The van der Waals surface area contributed by atoms with Gasteiger partial charge in [-0.25, -0.2) is 0 Å². The molecule has 1 aliphatic rings. The highest BCUT2D eigenvalue weighted by molar-refractivity contribution is 7.86. The molecular formula is C13H22N2O3S. The Morgan fingerprint density at radius 2 is 2.16 bits per heavy atom. The topological polar surface area (TPSA) is 53.8 Å². The standard InChI is InChI=1S/C13H22N2O3S/c1-11(12-7-5-10-18-12)14(4)19(16,17)15-9-6-8-13(15,2)3/h5,7,10-11H,6,8-9H2,1-4H3. The van der Waals surface area contributed by atoms with Gasteiger partial charge in [0, 0.05) is 19.1 Å². The van der Waals surface area contributed by atoms with Crippen molar-refractivity contribution in [2.75, 3.05) is 13.6 Å². The normalized spacial score (nSPS) is 21.9. The fourth-order valence-corrected chi connectivity index (χ4v) is 4.46. The van der Waals surface area contributed by atoms with Crippen LogP contribution >= 0.6 is 0 Å². The first-order valence-electron chi connectivity index (χ1n) is 6.56.